The number of carbonyl (C=O) groups excluding carboxylic acids is 1. The van der Waals surface area contributed by atoms with Gasteiger partial charge in [-0.3, -0.25) is 4.79 Å². The second-order valence-electron chi connectivity index (χ2n) is 5.86. The molecule has 0 saturated carbocycles. The van der Waals surface area contributed by atoms with Crippen LogP contribution < -0.4 is 5.32 Å². The predicted octanol–water partition coefficient (Wildman–Crippen LogP) is 1.88. The molecule has 2 aliphatic rings. The second-order valence-corrected chi connectivity index (χ2v) is 5.86. The smallest absolute Gasteiger partial charge is 0.225 e. The number of unbranched alkanes of at least 4 members (excludes halogenated alkanes) is 1. The molecule has 4 atom stereocenters. The zero-order valence-corrected chi connectivity index (χ0v) is 11.4. The second kappa shape index (κ2) is 5.38. The van der Waals surface area contributed by atoms with E-state index in [-0.39, 0.29) is 5.92 Å². The lowest BCUT2D eigenvalue weighted by molar-refractivity contribution is -0.136. The van der Waals surface area contributed by atoms with Crippen molar-refractivity contribution in [1.29, 1.82) is 0 Å². The molecule has 4 unspecified atom stereocenters. The Bertz CT molecular complexity index is 279. The fourth-order valence-corrected chi connectivity index (χ4v) is 3.38. The van der Waals surface area contributed by atoms with Gasteiger partial charge in [0.05, 0.1) is 0 Å². The van der Waals surface area contributed by atoms with Crippen molar-refractivity contribution in [3.05, 3.63) is 0 Å². The van der Waals surface area contributed by atoms with E-state index in [0.29, 0.717) is 23.8 Å². The van der Waals surface area contributed by atoms with Gasteiger partial charge in [-0.05, 0) is 25.2 Å². The zero-order valence-electron chi connectivity index (χ0n) is 11.4. The Morgan fingerprint density at radius 1 is 1.47 bits per heavy atom. The highest BCUT2D eigenvalue weighted by Gasteiger charge is 2.44. The molecule has 1 N–H and O–H groups in total. The maximum Gasteiger partial charge on any atom is 0.225 e. The molecule has 1 amide bonds. The van der Waals surface area contributed by atoms with Crippen molar-refractivity contribution in [2.24, 2.45) is 17.8 Å². The molecule has 3 heteroatoms. The topological polar surface area (TPSA) is 32.3 Å². The van der Waals surface area contributed by atoms with E-state index in [1.807, 2.05) is 0 Å². The summed E-state index contributed by atoms with van der Waals surface area (Å²) in [5, 5.41) is 3.44. The fraction of sp³-hybridized carbons (Fsp3) is 0.929. The quantitative estimate of drug-likeness (QED) is 0.811. The van der Waals surface area contributed by atoms with Crippen LogP contribution in [0.25, 0.3) is 0 Å². The summed E-state index contributed by atoms with van der Waals surface area (Å²) in [6, 6.07) is 0.437. The molecule has 98 valence electrons. The Balaban J connectivity index is 1.92. The lowest BCUT2D eigenvalue weighted by atomic mass is 9.95. The number of nitrogens with zero attached hydrogens (tertiary/aromatic N) is 1. The first-order chi connectivity index (χ1) is 8.15. The normalized spacial score (nSPS) is 33.8. The summed E-state index contributed by atoms with van der Waals surface area (Å²) in [6.07, 6.45) is 3.40. The molecule has 0 spiro atoms. The first kappa shape index (κ1) is 12.9. The van der Waals surface area contributed by atoms with Crippen LogP contribution in [-0.4, -0.2) is 36.5 Å². The first-order valence-corrected chi connectivity index (χ1v) is 7.16. The molecular weight excluding hydrogens is 212 g/mol. The van der Waals surface area contributed by atoms with Gasteiger partial charge in [0.1, 0.15) is 0 Å². The molecule has 0 radical (unpaired) electrons. The Hall–Kier alpha value is -0.570. The number of nitrogens with one attached hydrogen (secondary N) is 1. The summed E-state index contributed by atoms with van der Waals surface area (Å²) >= 11 is 0. The van der Waals surface area contributed by atoms with Gasteiger partial charge in [0.25, 0.3) is 0 Å². The van der Waals surface area contributed by atoms with Gasteiger partial charge in [-0.2, -0.15) is 0 Å². The molecule has 0 aromatic heterocycles. The van der Waals surface area contributed by atoms with E-state index >= 15 is 0 Å². The van der Waals surface area contributed by atoms with Crippen molar-refractivity contribution in [1.82, 2.24) is 10.2 Å². The van der Waals surface area contributed by atoms with E-state index in [4.69, 9.17) is 0 Å². The van der Waals surface area contributed by atoms with Crippen LogP contribution in [0.2, 0.25) is 0 Å². The highest BCUT2D eigenvalue weighted by molar-refractivity contribution is 5.79. The van der Waals surface area contributed by atoms with Gasteiger partial charge in [0, 0.05) is 31.6 Å². The maximum absolute atomic E-state index is 12.4. The van der Waals surface area contributed by atoms with E-state index in [1.54, 1.807) is 0 Å². The number of rotatable bonds is 4. The highest BCUT2D eigenvalue weighted by atomic mass is 16.2. The third-order valence-electron chi connectivity index (χ3n) is 4.63. The first-order valence-electron chi connectivity index (χ1n) is 7.16. The average Bonchev–Trinajstić information content (AvgIpc) is 2.89. The standard InChI is InChI=1S/C14H26N2O/c1-4-5-6-10(2)14(17)16-9-12-7-15-8-13(12)11(16)3/h10-13,15H,4-9H2,1-3H3. The van der Waals surface area contributed by atoms with Crippen LogP contribution in [-0.2, 0) is 4.79 Å². The van der Waals surface area contributed by atoms with Gasteiger partial charge in [0.15, 0.2) is 0 Å². The van der Waals surface area contributed by atoms with Crippen LogP contribution in [0.5, 0.6) is 0 Å². The fourth-order valence-electron chi connectivity index (χ4n) is 3.38. The lowest BCUT2D eigenvalue weighted by Gasteiger charge is -2.27. The molecule has 17 heavy (non-hydrogen) atoms. The van der Waals surface area contributed by atoms with Gasteiger partial charge in [-0.25, -0.2) is 0 Å². The predicted molar refractivity (Wildman–Crippen MR) is 69.7 cm³/mol. The van der Waals surface area contributed by atoms with Crippen LogP contribution in [0, 0.1) is 17.8 Å². The summed E-state index contributed by atoms with van der Waals surface area (Å²) in [5.41, 5.74) is 0. The summed E-state index contributed by atoms with van der Waals surface area (Å²) in [4.78, 5) is 14.5. The third kappa shape index (κ3) is 2.49. The molecule has 2 rings (SSSR count). The number of hydrogen-bond donors (Lipinski definition) is 1. The summed E-state index contributed by atoms with van der Waals surface area (Å²) < 4.78 is 0. The molecule has 2 aliphatic heterocycles. The van der Waals surface area contributed by atoms with Gasteiger partial charge in [-0.15, -0.1) is 0 Å². The number of fused-ring (bicyclic) bond motifs is 1. The zero-order chi connectivity index (χ0) is 12.4. The van der Waals surface area contributed by atoms with E-state index in [0.717, 1.165) is 26.1 Å². The van der Waals surface area contributed by atoms with Crippen molar-refractivity contribution in [2.75, 3.05) is 19.6 Å². The third-order valence-corrected chi connectivity index (χ3v) is 4.63. The van der Waals surface area contributed by atoms with E-state index < -0.39 is 0 Å². The molecule has 0 bridgehead atoms. The van der Waals surface area contributed by atoms with Crippen molar-refractivity contribution < 1.29 is 4.79 Å². The Morgan fingerprint density at radius 2 is 2.24 bits per heavy atom. The van der Waals surface area contributed by atoms with Crippen molar-refractivity contribution >= 4 is 5.91 Å². The Kier molecular flexibility index (Phi) is 4.08. The average molecular weight is 238 g/mol. The molecule has 3 nitrogen and oxygen atoms in total. The largest absolute Gasteiger partial charge is 0.339 e. The molecule has 2 saturated heterocycles. The summed E-state index contributed by atoms with van der Waals surface area (Å²) in [6.45, 7) is 9.68. The van der Waals surface area contributed by atoms with Crippen molar-refractivity contribution in [2.45, 2.75) is 46.1 Å². The monoisotopic (exact) mass is 238 g/mol. The van der Waals surface area contributed by atoms with Crippen molar-refractivity contribution in [3.8, 4) is 0 Å². The molecule has 2 heterocycles. The van der Waals surface area contributed by atoms with Gasteiger partial charge in [0.2, 0.25) is 5.91 Å². The van der Waals surface area contributed by atoms with E-state index in [9.17, 15) is 4.79 Å². The minimum atomic E-state index is 0.212. The Labute approximate surface area is 105 Å². The molecule has 0 aliphatic carbocycles. The molecule has 0 aromatic carbocycles. The number of carbonyl (C=O) groups is 1. The number of amides is 1. The van der Waals surface area contributed by atoms with Crippen LogP contribution in [0.15, 0.2) is 0 Å². The lowest BCUT2D eigenvalue weighted by Crippen LogP contribution is -2.40. The number of hydrogen-bond acceptors (Lipinski definition) is 2. The van der Waals surface area contributed by atoms with Crippen LogP contribution in [0.1, 0.15) is 40.0 Å². The maximum atomic E-state index is 12.4. The summed E-state index contributed by atoms with van der Waals surface area (Å²) in [5.74, 6) is 1.99. The molecular formula is C14H26N2O. The minimum Gasteiger partial charge on any atom is -0.339 e. The van der Waals surface area contributed by atoms with Gasteiger partial charge >= 0.3 is 0 Å². The van der Waals surface area contributed by atoms with Gasteiger partial charge in [-0.1, -0.05) is 26.7 Å². The van der Waals surface area contributed by atoms with Gasteiger partial charge < -0.3 is 10.2 Å². The highest BCUT2D eigenvalue weighted by Crippen LogP contribution is 2.33. The molecule has 0 aromatic rings. The SMILES string of the molecule is CCCCC(C)C(=O)N1CC2CNCC2C1C. The molecule has 2 fully saturated rings. The van der Waals surface area contributed by atoms with E-state index in [1.165, 1.54) is 12.8 Å². The minimum absolute atomic E-state index is 0.212. The Morgan fingerprint density at radius 3 is 2.88 bits per heavy atom. The van der Waals surface area contributed by atoms with Crippen LogP contribution in [0.4, 0.5) is 0 Å². The van der Waals surface area contributed by atoms with Crippen molar-refractivity contribution in [3.63, 3.8) is 0 Å². The number of likely N-dealkylation sites (tertiary alicyclic amines) is 1. The van der Waals surface area contributed by atoms with Crippen LogP contribution >= 0.6 is 0 Å². The van der Waals surface area contributed by atoms with Crippen LogP contribution in [0.3, 0.4) is 0 Å². The summed E-state index contributed by atoms with van der Waals surface area (Å²) in [7, 11) is 0. The van der Waals surface area contributed by atoms with E-state index in [2.05, 4.69) is 31.0 Å².